The van der Waals surface area contributed by atoms with Crippen molar-refractivity contribution in [1.82, 2.24) is 19.6 Å². The average molecular weight is 363 g/mol. The lowest BCUT2D eigenvalue weighted by Gasteiger charge is -2.28. The molecule has 136 valence electrons. The summed E-state index contributed by atoms with van der Waals surface area (Å²) < 4.78 is 45.3. The molecule has 0 radical (unpaired) electrons. The number of fused-ring (bicyclic) bond motifs is 1. The number of ether oxygens (including phenoxy) is 1. The molecule has 1 aliphatic heterocycles. The minimum absolute atomic E-state index is 0.537. The molecule has 0 atom stereocenters. The van der Waals surface area contributed by atoms with Crippen molar-refractivity contribution in [2.24, 2.45) is 0 Å². The van der Waals surface area contributed by atoms with Gasteiger partial charge in [0.1, 0.15) is 5.69 Å². The van der Waals surface area contributed by atoms with Crippen LogP contribution in [0.3, 0.4) is 0 Å². The lowest BCUT2D eigenvalue weighted by molar-refractivity contribution is -0.141. The number of pyridine rings is 1. The molecular formula is C17H16F3N5O. The first-order valence-corrected chi connectivity index (χ1v) is 8.16. The molecule has 0 aliphatic carbocycles. The van der Waals surface area contributed by atoms with Crippen molar-refractivity contribution < 1.29 is 17.9 Å². The van der Waals surface area contributed by atoms with Crippen molar-refractivity contribution in [2.45, 2.75) is 13.1 Å². The van der Waals surface area contributed by atoms with Crippen LogP contribution >= 0.6 is 0 Å². The Labute approximate surface area is 147 Å². The van der Waals surface area contributed by atoms with Gasteiger partial charge in [0, 0.05) is 24.8 Å². The van der Waals surface area contributed by atoms with Crippen molar-refractivity contribution in [3.8, 4) is 11.3 Å². The summed E-state index contributed by atoms with van der Waals surface area (Å²) in [5.41, 5.74) is 2.53. The first-order chi connectivity index (χ1) is 12.4. The minimum Gasteiger partial charge on any atom is -0.378 e. The summed E-state index contributed by atoms with van der Waals surface area (Å²) in [6.45, 7) is 4.60. The highest BCUT2D eigenvalue weighted by Gasteiger charge is 2.32. The molecule has 0 amide bonds. The van der Waals surface area contributed by atoms with Crippen LogP contribution < -0.4 is 4.90 Å². The van der Waals surface area contributed by atoms with Crippen LogP contribution in [0.1, 0.15) is 11.4 Å². The molecule has 0 saturated carbocycles. The van der Waals surface area contributed by atoms with Gasteiger partial charge in [-0.25, -0.2) is 9.50 Å². The number of nitrogens with zero attached hydrogens (tertiary/aromatic N) is 5. The van der Waals surface area contributed by atoms with Crippen LogP contribution in [0, 0.1) is 6.92 Å². The third-order valence-corrected chi connectivity index (χ3v) is 4.35. The van der Waals surface area contributed by atoms with E-state index in [4.69, 9.17) is 4.74 Å². The zero-order chi connectivity index (χ0) is 18.3. The standard InChI is InChI=1S/C17H16F3N5O/c1-11-15(12-2-3-14(21-10-12)17(18,19)20)25-16(23-11)13(4-5-22-25)24-6-8-26-9-7-24/h2-5,10H,6-9H2,1H3. The summed E-state index contributed by atoms with van der Waals surface area (Å²) in [6.07, 6.45) is -1.59. The topological polar surface area (TPSA) is 55.5 Å². The highest BCUT2D eigenvalue weighted by atomic mass is 19.4. The van der Waals surface area contributed by atoms with Gasteiger partial charge >= 0.3 is 6.18 Å². The maximum Gasteiger partial charge on any atom is 0.433 e. The summed E-state index contributed by atoms with van der Waals surface area (Å²) >= 11 is 0. The molecule has 1 aliphatic rings. The number of hydrogen-bond donors (Lipinski definition) is 0. The van der Waals surface area contributed by atoms with Crippen LogP contribution in [0.2, 0.25) is 0 Å². The van der Waals surface area contributed by atoms with Gasteiger partial charge < -0.3 is 9.64 Å². The van der Waals surface area contributed by atoms with Gasteiger partial charge in [-0.2, -0.15) is 18.3 Å². The Kier molecular flexibility index (Phi) is 4.03. The third kappa shape index (κ3) is 2.88. The van der Waals surface area contributed by atoms with Gasteiger partial charge in [-0.1, -0.05) is 0 Å². The van der Waals surface area contributed by atoms with Crippen LogP contribution in [0.25, 0.3) is 16.9 Å². The second-order valence-corrected chi connectivity index (χ2v) is 6.03. The molecule has 3 aromatic heterocycles. The van der Waals surface area contributed by atoms with Gasteiger partial charge in [-0.05, 0) is 25.1 Å². The predicted octanol–water partition coefficient (Wildman–Crippen LogP) is 2.96. The fraction of sp³-hybridized carbons (Fsp3) is 0.353. The van der Waals surface area contributed by atoms with E-state index in [-0.39, 0.29) is 0 Å². The number of alkyl halides is 3. The summed E-state index contributed by atoms with van der Waals surface area (Å²) in [5, 5.41) is 4.35. The van der Waals surface area contributed by atoms with Gasteiger partial charge in [0.15, 0.2) is 5.65 Å². The predicted molar refractivity (Wildman–Crippen MR) is 89.0 cm³/mol. The van der Waals surface area contributed by atoms with Gasteiger partial charge in [0.05, 0.1) is 36.5 Å². The zero-order valence-electron chi connectivity index (χ0n) is 14.0. The van der Waals surface area contributed by atoms with Crippen molar-refractivity contribution in [1.29, 1.82) is 0 Å². The molecule has 0 aromatic carbocycles. The first kappa shape index (κ1) is 16.8. The van der Waals surface area contributed by atoms with Gasteiger partial charge in [0.2, 0.25) is 0 Å². The number of aromatic nitrogens is 4. The summed E-state index contributed by atoms with van der Waals surface area (Å²) in [4.78, 5) is 10.3. The largest absolute Gasteiger partial charge is 0.433 e. The fourth-order valence-corrected chi connectivity index (χ4v) is 3.13. The Morgan fingerprint density at radius 1 is 1.12 bits per heavy atom. The zero-order valence-corrected chi connectivity index (χ0v) is 14.0. The Morgan fingerprint density at radius 2 is 1.88 bits per heavy atom. The van der Waals surface area contributed by atoms with Crippen LogP contribution in [0.4, 0.5) is 18.9 Å². The minimum atomic E-state index is -4.46. The second-order valence-electron chi connectivity index (χ2n) is 6.03. The number of halogens is 3. The highest BCUT2D eigenvalue weighted by Crippen LogP contribution is 2.31. The molecule has 0 spiro atoms. The summed E-state index contributed by atoms with van der Waals surface area (Å²) in [7, 11) is 0. The Morgan fingerprint density at radius 3 is 2.54 bits per heavy atom. The molecule has 0 N–H and O–H groups in total. The van der Waals surface area contributed by atoms with Crippen LogP contribution in [0.5, 0.6) is 0 Å². The highest BCUT2D eigenvalue weighted by molar-refractivity contribution is 5.75. The van der Waals surface area contributed by atoms with Gasteiger partial charge in [-0.15, -0.1) is 0 Å². The average Bonchev–Trinajstić information content (AvgIpc) is 2.97. The first-order valence-electron chi connectivity index (χ1n) is 8.16. The van der Waals surface area contributed by atoms with Crippen molar-refractivity contribution in [3.05, 3.63) is 42.0 Å². The molecule has 4 rings (SSSR count). The Bertz CT molecular complexity index is 930. The van der Waals surface area contributed by atoms with Crippen molar-refractivity contribution in [3.63, 3.8) is 0 Å². The number of imidazole rings is 1. The number of morpholine rings is 1. The molecule has 6 nitrogen and oxygen atoms in total. The normalized spacial score (nSPS) is 15.6. The van der Waals surface area contributed by atoms with E-state index >= 15 is 0 Å². The summed E-state index contributed by atoms with van der Waals surface area (Å²) in [5.74, 6) is 0. The van der Waals surface area contributed by atoms with E-state index in [2.05, 4.69) is 20.0 Å². The van der Waals surface area contributed by atoms with Crippen molar-refractivity contribution >= 4 is 11.3 Å². The van der Waals surface area contributed by atoms with E-state index in [1.807, 2.05) is 13.0 Å². The maximum atomic E-state index is 12.7. The number of hydrogen-bond acceptors (Lipinski definition) is 5. The van der Waals surface area contributed by atoms with Crippen LogP contribution in [0.15, 0.2) is 30.6 Å². The molecule has 3 aromatic rings. The summed E-state index contributed by atoms with van der Waals surface area (Å²) in [6, 6.07) is 4.26. The maximum absolute atomic E-state index is 12.7. The molecule has 26 heavy (non-hydrogen) atoms. The van der Waals surface area contributed by atoms with E-state index in [9.17, 15) is 13.2 Å². The molecule has 0 bridgehead atoms. The van der Waals surface area contributed by atoms with E-state index in [0.717, 1.165) is 24.8 Å². The van der Waals surface area contributed by atoms with E-state index in [1.165, 1.54) is 12.3 Å². The van der Waals surface area contributed by atoms with Crippen LogP contribution in [-0.4, -0.2) is 45.9 Å². The Hall–Kier alpha value is -2.68. The smallest absolute Gasteiger partial charge is 0.378 e. The molecular weight excluding hydrogens is 347 g/mol. The lowest BCUT2D eigenvalue weighted by Crippen LogP contribution is -2.36. The molecule has 9 heteroatoms. The molecule has 4 heterocycles. The molecule has 0 unspecified atom stereocenters. The fourth-order valence-electron chi connectivity index (χ4n) is 3.13. The van der Waals surface area contributed by atoms with Gasteiger partial charge in [0.25, 0.3) is 0 Å². The van der Waals surface area contributed by atoms with E-state index in [1.54, 1.807) is 10.7 Å². The van der Waals surface area contributed by atoms with Crippen molar-refractivity contribution in [2.75, 3.05) is 31.2 Å². The number of aryl methyl sites for hydroxylation is 1. The number of rotatable bonds is 2. The monoisotopic (exact) mass is 363 g/mol. The molecule has 1 fully saturated rings. The van der Waals surface area contributed by atoms with Gasteiger partial charge in [-0.3, -0.25) is 4.98 Å². The quantitative estimate of drug-likeness (QED) is 0.701. The van der Waals surface area contributed by atoms with Crippen LogP contribution in [-0.2, 0) is 10.9 Å². The lowest BCUT2D eigenvalue weighted by atomic mass is 10.1. The third-order valence-electron chi connectivity index (χ3n) is 4.35. The van der Waals surface area contributed by atoms with E-state index in [0.29, 0.717) is 35.8 Å². The number of anilines is 1. The molecule has 1 saturated heterocycles. The van der Waals surface area contributed by atoms with E-state index < -0.39 is 11.9 Å². The second kappa shape index (κ2) is 6.24. The SMILES string of the molecule is Cc1nc2c(N3CCOCC3)ccnn2c1-c1ccc(C(F)(F)F)nc1. The Balaban J connectivity index is 1.80.